The summed E-state index contributed by atoms with van der Waals surface area (Å²) in [6, 6.07) is 9.83. The van der Waals surface area contributed by atoms with Gasteiger partial charge in [-0.05, 0) is 23.8 Å². The van der Waals surface area contributed by atoms with Crippen LogP contribution in [0.25, 0.3) is 0 Å². The maximum absolute atomic E-state index is 13.4. The Bertz CT molecular complexity index is 1110. The van der Waals surface area contributed by atoms with E-state index < -0.39 is 11.0 Å². The number of likely N-dealkylation sites (tertiary alicyclic amines) is 1. The Balaban J connectivity index is 1.25. The van der Waals surface area contributed by atoms with Crippen LogP contribution >= 0.6 is 0 Å². The number of carbonyl (C=O) groups excluding carboxylic acids is 2. The first-order valence-corrected chi connectivity index (χ1v) is 11.4. The van der Waals surface area contributed by atoms with E-state index in [1.165, 1.54) is 0 Å². The Hall–Kier alpha value is -2.80. The minimum Gasteiger partial charge on any atom is -0.370 e. The second-order valence-electron chi connectivity index (χ2n) is 10.8. The van der Waals surface area contributed by atoms with E-state index in [9.17, 15) is 9.59 Å². The van der Waals surface area contributed by atoms with Crippen molar-refractivity contribution in [2.75, 3.05) is 26.2 Å². The molecule has 7 nitrogen and oxygen atoms in total. The molecule has 6 rings (SSSR count). The average molecular weight is 433 g/mol. The van der Waals surface area contributed by atoms with Gasteiger partial charge in [0.2, 0.25) is 5.91 Å². The number of fused-ring (bicyclic) bond motifs is 2. The van der Waals surface area contributed by atoms with E-state index in [0.29, 0.717) is 45.5 Å². The molecule has 1 amide bonds. The molecule has 2 spiro atoms. The second-order valence-corrected chi connectivity index (χ2v) is 10.8. The lowest BCUT2D eigenvalue weighted by Gasteiger charge is -2.49. The molecule has 0 radical (unpaired) electrons. The first-order valence-electron chi connectivity index (χ1n) is 11.4. The summed E-state index contributed by atoms with van der Waals surface area (Å²) in [5.41, 5.74) is 3.03. The van der Waals surface area contributed by atoms with Gasteiger partial charge in [0, 0.05) is 23.3 Å². The molecule has 4 aliphatic heterocycles. The maximum Gasteiger partial charge on any atom is 0.227 e. The molecule has 1 aliphatic carbocycles. The summed E-state index contributed by atoms with van der Waals surface area (Å²) in [7, 11) is 0. The predicted molar refractivity (Wildman–Crippen MR) is 117 cm³/mol. The van der Waals surface area contributed by atoms with Crippen LogP contribution in [0.3, 0.4) is 0 Å². The number of amides is 1. The summed E-state index contributed by atoms with van der Waals surface area (Å²) in [6.07, 6.45) is 2.48. The largest absolute Gasteiger partial charge is 0.370 e. The number of nitrogens with zero attached hydrogens (tertiary/aromatic N) is 3. The highest BCUT2D eigenvalue weighted by atomic mass is 16.5. The van der Waals surface area contributed by atoms with Gasteiger partial charge in [-0.25, -0.2) is 0 Å². The van der Waals surface area contributed by atoms with E-state index in [1.807, 2.05) is 35.2 Å². The number of azo groups is 1. The van der Waals surface area contributed by atoms with Gasteiger partial charge in [-0.15, -0.1) is 5.11 Å². The molecule has 166 valence electrons. The number of ether oxygens (including phenoxy) is 1. The highest BCUT2D eigenvalue weighted by Crippen LogP contribution is 2.58. The molecule has 0 unspecified atom stereocenters. The van der Waals surface area contributed by atoms with Crippen LogP contribution in [0.15, 0.2) is 63.2 Å². The van der Waals surface area contributed by atoms with E-state index >= 15 is 0 Å². The van der Waals surface area contributed by atoms with Gasteiger partial charge in [-0.1, -0.05) is 44.2 Å². The van der Waals surface area contributed by atoms with Crippen molar-refractivity contribution in [2.24, 2.45) is 21.1 Å². The second kappa shape index (κ2) is 6.61. The Kier molecular flexibility index (Phi) is 4.10. The fraction of sp³-hybridized carbons (Fsp3) is 0.520. The molecule has 5 aliphatic rings. The van der Waals surface area contributed by atoms with Crippen LogP contribution in [0.1, 0.15) is 38.7 Å². The number of allylic oxidation sites excluding steroid dienone is 1. The van der Waals surface area contributed by atoms with E-state index in [0.717, 1.165) is 34.6 Å². The zero-order valence-electron chi connectivity index (χ0n) is 18.6. The number of nitrogens with one attached hydrogen (secondary N) is 1. The van der Waals surface area contributed by atoms with Crippen molar-refractivity contribution in [3.63, 3.8) is 0 Å². The van der Waals surface area contributed by atoms with E-state index in [1.54, 1.807) is 0 Å². The predicted octanol–water partition coefficient (Wildman–Crippen LogP) is 3.14. The van der Waals surface area contributed by atoms with Gasteiger partial charge >= 0.3 is 0 Å². The first-order chi connectivity index (χ1) is 15.3. The summed E-state index contributed by atoms with van der Waals surface area (Å²) in [6.45, 7) is 6.39. The first kappa shape index (κ1) is 19.9. The van der Waals surface area contributed by atoms with Crippen molar-refractivity contribution < 1.29 is 14.3 Å². The van der Waals surface area contributed by atoms with Crippen LogP contribution in [-0.4, -0.2) is 48.4 Å². The smallest absolute Gasteiger partial charge is 0.227 e. The molecule has 1 aromatic carbocycles. The molecule has 0 saturated carbocycles. The molecule has 2 fully saturated rings. The van der Waals surface area contributed by atoms with Crippen LogP contribution in [-0.2, 0) is 20.7 Å². The summed E-state index contributed by atoms with van der Waals surface area (Å²) in [5.74, 6) is 1.13. The number of dihydropyridines is 1. The Morgan fingerprint density at radius 2 is 1.97 bits per heavy atom. The summed E-state index contributed by atoms with van der Waals surface area (Å²) >= 11 is 0. The molecule has 0 aromatic heterocycles. The van der Waals surface area contributed by atoms with E-state index in [2.05, 4.69) is 29.4 Å². The Morgan fingerprint density at radius 3 is 2.75 bits per heavy atom. The molecule has 1 atom stereocenters. The van der Waals surface area contributed by atoms with E-state index in [4.69, 9.17) is 4.74 Å². The fourth-order valence-corrected chi connectivity index (χ4v) is 6.26. The molecule has 1 N–H and O–H groups in total. The monoisotopic (exact) mass is 432 g/mol. The van der Waals surface area contributed by atoms with E-state index in [-0.39, 0.29) is 17.1 Å². The lowest BCUT2D eigenvalue weighted by Crippen LogP contribution is -2.64. The molecule has 1 aromatic rings. The molecular formula is C25H28N4O3. The zero-order chi connectivity index (χ0) is 22.1. The van der Waals surface area contributed by atoms with Gasteiger partial charge < -0.3 is 15.0 Å². The van der Waals surface area contributed by atoms with Gasteiger partial charge in [0.15, 0.2) is 11.6 Å². The van der Waals surface area contributed by atoms with Crippen molar-refractivity contribution in [2.45, 2.75) is 45.1 Å². The number of rotatable bonds is 2. The number of hydrogen-bond donors (Lipinski definition) is 1. The third-order valence-corrected chi connectivity index (χ3v) is 7.64. The lowest BCUT2D eigenvalue weighted by molar-refractivity contribution is -0.157. The quantitative estimate of drug-likeness (QED) is 0.778. The normalized spacial score (nSPS) is 29.3. The molecule has 7 heteroatoms. The highest BCUT2D eigenvalue weighted by molar-refractivity contribution is 6.00. The SMILES string of the molecule is CC1(C)CC(=O)C2=C(C1)NC1=C(CN=N1)[C@]21COC2(CN(C(=O)Cc3ccccc3)C2)C1. The molecule has 0 bridgehead atoms. The van der Waals surface area contributed by atoms with Crippen molar-refractivity contribution in [3.05, 3.63) is 58.6 Å². The van der Waals surface area contributed by atoms with Crippen molar-refractivity contribution in [1.82, 2.24) is 10.2 Å². The summed E-state index contributed by atoms with van der Waals surface area (Å²) in [4.78, 5) is 28.1. The number of Topliss-reactive ketones (excluding diaryl/α,β-unsaturated/α-hetero) is 1. The molecule has 4 heterocycles. The highest BCUT2D eigenvalue weighted by Gasteiger charge is 2.62. The number of ketones is 1. The number of hydrogen-bond acceptors (Lipinski definition) is 6. The number of carbonyl (C=O) groups is 2. The third-order valence-electron chi connectivity index (χ3n) is 7.64. The van der Waals surface area contributed by atoms with Crippen molar-refractivity contribution in [3.8, 4) is 0 Å². The van der Waals surface area contributed by atoms with Gasteiger partial charge in [-0.2, -0.15) is 5.11 Å². The maximum atomic E-state index is 13.4. The topological polar surface area (TPSA) is 83.4 Å². The molecule has 2 saturated heterocycles. The Labute approximate surface area is 187 Å². The third kappa shape index (κ3) is 2.90. The van der Waals surface area contributed by atoms with Crippen LogP contribution < -0.4 is 5.32 Å². The molecule has 32 heavy (non-hydrogen) atoms. The lowest BCUT2D eigenvalue weighted by atomic mass is 9.61. The standard InChI is InChI=1S/C25H28N4O3/c1-23(2)9-18-21(19(30)10-23)25(17-11-26-28-22(17)27-18)12-24(32-15-25)13-29(14-24)20(31)8-16-6-4-3-5-7-16/h3-7,27H,8-15H2,1-2H3/t25-/m0/s1. The van der Waals surface area contributed by atoms with Gasteiger partial charge in [0.1, 0.15) is 5.60 Å². The minimum absolute atomic E-state index is 0.0772. The minimum atomic E-state index is -0.471. The van der Waals surface area contributed by atoms with Crippen LogP contribution in [0.4, 0.5) is 0 Å². The van der Waals surface area contributed by atoms with Crippen molar-refractivity contribution >= 4 is 11.7 Å². The van der Waals surface area contributed by atoms with Gasteiger partial charge in [-0.3, -0.25) is 9.59 Å². The van der Waals surface area contributed by atoms with Gasteiger partial charge in [0.25, 0.3) is 0 Å². The zero-order valence-corrected chi connectivity index (χ0v) is 18.6. The van der Waals surface area contributed by atoms with Crippen LogP contribution in [0.5, 0.6) is 0 Å². The van der Waals surface area contributed by atoms with Crippen LogP contribution in [0, 0.1) is 10.8 Å². The van der Waals surface area contributed by atoms with Crippen LogP contribution in [0.2, 0.25) is 0 Å². The molecular weight excluding hydrogens is 404 g/mol. The number of benzene rings is 1. The fourth-order valence-electron chi connectivity index (χ4n) is 6.26. The van der Waals surface area contributed by atoms with Gasteiger partial charge in [0.05, 0.1) is 38.1 Å². The average Bonchev–Trinajstić information content (AvgIpc) is 3.32. The summed E-state index contributed by atoms with van der Waals surface area (Å²) in [5, 5.41) is 12.1. The Morgan fingerprint density at radius 1 is 1.19 bits per heavy atom. The summed E-state index contributed by atoms with van der Waals surface area (Å²) < 4.78 is 6.43. The van der Waals surface area contributed by atoms with Crippen molar-refractivity contribution in [1.29, 1.82) is 0 Å².